The third-order valence-electron chi connectivity index (χ3n) is 3.24. The highest BCUT2D eigenvalue weighted by Crippen LogP contribution is 2.12. The van der Waals surface area contributed by atoms with Crippen molar-refractivity contribution in [1.29, 1.82) is 0 Å². The fraction of sp³-hybridized carbons (Fsp3) is 0.333. The van der Waals surface area contributed by atoms with Gasteiger partial charge in [0, 0.05) is 18.8 Å². The molecule has 0 amide bonds. The monoisotopic (exact) mass is 268 g/mol. The van der Waals surface area contributed by atoms with E-state index in [2.05, 4.69) is 78.9 Å². The zero-order valence-corrected chi connectivity index (χ0v) is 12.5. The molecule has 1 N–H and O–H groups in total. The summed E-state index contributed by atoms with van der Waals surface area (Å²) in [5.74, 6) is 0. The minimum Gasteiger partial charge on any atom is -0.385 e. The smallest absolute Gasteiger partial charge is 0.0343 e. The van der Waals surface area contributed by atoms with Gasteiger partial charge in [0.25, 0.3) is 0 Å². The summed E-state index contributed by atoms with van der Waals surface area (Å²) in [4.78, 5) is 2.19. The number of nitrogens with zero attached hydrogens (tertiary/aromatic N) is 1. The summed E-state index contributed by atoms with van der Waals surface area (Å²) < 4.78 is 0. The SMILES string of the molecule is CN(C)Cc1cccc(NCCCc2ccccc2)c1. The van der Waals surface area contributed by atoms with E-state index < -0.39 is 0 Å². The fourth-order valence-corrected chi connectivity index (χ4v) is 2.31. The molecule has 2 rings (SSSR count). The van der Waals surface area contributed by atoms with Gasteiger partial charge in [-0.1, -0.05) is 42.5 Å². The second-order valence-electron chi connectivity index (χ2n) is 5.45. The Hall–Kier alpha value is -1.80. The summed E-state index contributed by atoms with van der Waals surface area (Å²) in [7, 11) is 4.19. The lowest BCUT2D eigenvalue weighted by Gasteiger charge is -2.12. The van der Waals surface area contributed by atoms with E-state index in [4.69, 9.17) is 0 Å². The molecule has 0 bridgehead atoms. The first kappa shape index (κ1) is 14.6. The van der Waals surface area contributed by atoms with Gasteiger partial charge in [0.2, 0.25) is 0 Å². The maximum atomic E-state index is 3.51. The van der Waals surface area contributed by atoms with Crippen LogP contribution in [-0.2, 0) is 13.0 Å². The van der Waals surface area contributed by atoms with Crippen LogP contribution in [0.2, 0.25) is 0 Å². The van der Waals surface area contributed by atoms with Crippen molar-refractivity contribution in [3.8, 4) is 0 Å². The van der Waals surface area contributed by atoms with E-state index in [0.29, 0.717) is 0 Å². The molecule has 0 unspecified atom stereocenters. The number of benzene rings is 2. The van der Waals surface area contributed by atoms with Gasteiger partial charge >= 0.3 is 0 Å². The Labute approximate surface area is 122 Å². The van der Waals surface area contributed by atoms with Gasteiger partial charge in [-0.15, -0.1) is 0 Å². The van der Waals surface area contributed by atoms with Gasteiger partial charge in [0.15, 0.2) is 0 Å². The minimum absolute atomic E-state index is 0.986. The summed E-state index contributed by atoms with van der Waals surface area (Å²) in [6.07, 6.45) is 2.28. The molecule has 0 radical (unpaired) electrons. The molecule has 0 aliphatic heterocycles. The quantitative estimate of drug-likeness (QED) is 0.769. The molecule has 106 valence electrons. The van der Waals surface area contributed by atoms with Crippen molar-refractivity contribution in [1.82, 2.24) is 4.90 Å². The Balaban J connectivity index is 1.76. The van der Waals surface area contributed by atoms with Crippen LogP contribution in [0.5, 0.6) is 0 Å². The van der Waals surface area contributed by atoms with E-state index in [9.17, 15) is 0 Å². The van der Waals surface area contributed by atoms with Crippen molar-refractivity contribution >= 4 is 5.69 Å². The number of nitrogens with one attached hydrogen (secondary N) is 1. The number of hydrogen-bond acceptors (Lipinski definition) is 2. The molecular weight excluding hydrogens is 244 g/mol. The predicted molar refractivity (Wildman–Crippen MR) is 87.1 cm³/mol. The summed E-state index contributed by atoms with van der Waals surface area (Å²) in [5.41, 5.74) is 3.98. The Morgan fingerprint density at radius 2 is 1.65 bits per heavy atom. The molecule has 0 saturated carbocycles. The van der Waals surface area contributed by atoms with Crippen LogP contribution in [0.1, 0.15) is 17.5 Å². The topological polar surface area (TPSA) is 15.3 Å². The van der Waals surface area contributed by atoms with Crippen molar-refractivity contribution in [2.45, 2.75) is 19.4 Å². The summed E-state index contributed by atoms with van der Waals surface area (Å²) in [5, 5.41) is 3.51. The molecule has 2 heteroatoms. The van der Waals surface area contributed by atoms with E-state index >= 15 is 0 Å². The highest BCUT2D eigenvalue weighted by Gasteiger charge is 1.98. The Bertz CT molecular complexity index is 506. The van der Waals surface area contributed by atoms with Crippen LogP contribution in [0.15, 0.2) is 54.6 Å². The Kier molecular flexibility index (Phi) is 5.63. The highest BCUT2D eigenvalue weighted by atomic mass is 15.0. The molecule has 0 heterocycles. The van der Waals surface area contributed by atoms with E-state index in [-0.39, 0.29) is 0 Å². The molecule has 0 aromatic heterocycles. The second kappa shape index (κ2) is 7.71. The Morgan fingerprint density at radius 1 is 0.900 bits per heavy atom. The third-order valence-corrected chi connectivity index (χ3v) is 3.24. The Morgan fingerprint density at radius 3 is 2.40 bits per heavy atom. The molecule has 20 heavy (non-hydrogen) atoms. The van der Waals surface area contributed by atoms with E-state index in [0.717, 1.165) is 25.9 Å². The van der Waals surface area contributed by atoms with Crippen molar-refractivity contribution in [2.24, 2.45) is 0 Å². The van der Waals surface area contributed by atoms with Crippen LogP contribution < -0.4 is 5.32 Å². The average Bonchev–Trinajstić information content (AvgIpc) is 2.44. The van der Waals surface area contributed by atoms with Crippen LogP contribution >= 0.6 is 0 Å². The van der Waals surface area contributed by atoms with Gasteiger partial charge in [-0.25, -0.2) is 0 Å². The first-order valence-corrected chi connectivity index (χ1v) is 7.25. The fourth-order valence-electron chi connectivity index (χ4n) is 2.31. The first-order valence-electron chi connectivity index (χ1n) is 7.25. The van der Waals surface area contributed by atoms with Crippen molar-refractivity contribution < 1.29 is 0 Å². The third kappa shape index (κ3) is 5.06. The number of anilines is 1. The van der Waals surface area contributed by atoms with Gasteiger partial charge in [-0.05, 0) is 50.2 Å². The van der Waals surface area contributed by atoms with Crippen molar-refractivity contribution in [3.63, 3.8) is 0 Å². The lowest BCUT2D eigenvalue weighted by Crippen LogP contribution is -2.11. The van der Waals surface area contributed by atoms with Crippen LogP contribution in [-0.4, -0.2) is 25.5 Å². The van der Waals surface area contributed by atoms with E-state index in [1.54, 1.807) is 0 Å². The normalized spacial score (nSPS) is 10.8. The lowest BCUT2D eigenvalue weighted by atomic mass is 10.1. The van der Waals surface area contributed by atoms with Crippen molar-refractivity contribution in [3.05, 3.63) is 65.7 Å². The molecule has 2 nitrogen and oxygen atoms in total. The minimum atomic E-state index is 0.986. The zero-order chi connectivity index (χ0) is 14.2. The molecule has 0 fully saturated rings. The molecular formula is C18H24N2. The largest absolute Gasteiger partial charge is 0.385 e. The van der Waals surface area contributed by atoms with Crippen molar-refractivity contribution in [2.75, 3.05) is 26.0 Å². The van der Waals surface area contributed by atoms with Crippen LogP contribution in [0.3, 0.4) is 0 Å². The zero-order valence-electron chi connectivity index (χ0n) is 12.5. The van der Waals surface area contributed by atoms with E-state index in [1.807, 2.05) is 0 Å². The molecule has 0 saturated heterocycles. The maximum absolute atomic E-state index is 3.51. The maximum Gasteiger partial charge on any atom is 0.0343 e. The molecule has 2 aromatic rings. The molecule has 0 aliphatic rings. The summed E-state index contributed by atoms with van der Waals surface area (Å²) in [6, 6.07) is 19.3. The van der Waals surface area contributed by atoms with Gasteiger partial charge in [0.05, 0.1) is 0 Å². The molecule has 0 aliphatic carbocycles. The lowest BCUT2D eigenvalue weighted by molar-refractivity contribution is 0.402. The number of hydrogen-bond donors (Lipinski definition) is 1. The van der Waals surface area contributed by atoms with Crippen LogP contribution in [0.25, 0.3) is 0 Å². The number of aryl methyl sites for hydroxylation is 1. The average molecular weight is 268 g/mol. The summed E-state index contributed by atoms with van der Waals surface area (Å²) in [6.45, 7) is 2.00. The van der Waals surface area contributed by atoms with E-state index in [1.165, 1.54) is 16.8 Å². The molecule has 0 spiro atoms. The predicted octanol–water partition coefficient (Wildman–Crippen LogP) is 3.79. The first-order chi connectivity index (χ1) is 9.74. The van der Waals surface area contributed by atoms with Gasteiger partial charge in [0.1, 0.15) is 0 Å². The van der Waals surface area contributed by atoms with Crippen LogP contribution in [0, 0.1) is 0 Å². The molecule has 2 aromatic carbocycles. The molecule has 0 atom stereocenters. The highest BCUT2D eigenvalue weighted by molar-refractivity contribution is 5.45. The summed E-state index contributed by atoms with van der Waals surface area (Å²) >= 11 is 0. The van der Waals surface area contributed by atoms with Gasteiger partial charge in [-0.2, -0.15) is 0 Å². The second-order valence-corrected chi connectivity index (χ2v) is 5.45. The standard InChI is InChI=1S/C18H24N2/c1-20(2)15-17-10-6-12-18(14-17)19-13-7-11-16-8-4-3-5-9-16/h3-6,8-10,12,14,19H,7,11,13,15H2,1-2H3. The van der Waals surface area contributed by atoms with Gasteiger partial charge < -0.3 is 10.2 Å². The van der Waals surface area contributed by atoms with Gasteiger partial charge in [-0.3, -0.25) is 0 Å². The number of rotatable bonds is 7. The van der Waals surface area contributed by atoms with Crippen LogP contribution in [0.4, 0.5) is 5.69 Å².